The average molecular weight is 268 g/mol. The highest BCUT2D eigenvalue weighted by molar-refractivity contribution is 7.13. The van der Waals surface area contributed by atoms with E-state index in [-0.39, 0.29) is 0 Å². The van der Waals surface area contributed by atoms with Crippen LogP contribution in [0.2, 0.25) is 0 Å². The zero-order valence-corrected chi connectivity index (χ0v) is 11.2. The molecule has 90 valence electrons. The number of hydrogen-bond donors (Lipinski definition) is 0. The molecule has 2 nitrogen and oxygen atoms in total. The van der Waals surface area contributed by atoms with Crippen LogP contribution in [0.1, 0.15) is 18.2 Å². The Balaban J connectivity index is 2.20. The lowest BCUT2D eigenvalue weighted by molar-refractivity contribution is 0.134. The molecule has 0 amide bonds. The van der Waals surface area contributed by atoms with E-state index in [9.17, 15) is 0 Å². The maximum Gasteiger partial charge on any atom is 0.123 e. The average Bonchev–Trinajstić information content (AvgIpc) is 2.85. The number of alkyl halides is 1. The van der Waals surface area contributed by atoms with Crippen molar-refractivity contribution in [2.24, 2.45) is 0 Å². The van der Waals surface area contributed by atoms with Gasteiger partial charge in [0.1, 0.15) is 5.01 Å². The highest BCUT2D eigenvalue weighted by Crippen LogP contribution is 2.25. The van der Waals surface area contributed by atoms with Crippen molar-refractivity contribution >= 4 is 22.9 Å². The topological polar surface area (TPSA) is 22.1 Å². The molecule has 0 bridgehead atoms. The zero-order chi connectivity index (χ0) is 12.1. The number of aromatic nitrogens is 1. The van der Waals surface area contributed by atoms with Crippen LogP contribution in [0, 0.1) is 0 Å². The predicted octanol–water partition coefficient (Wildman–Crippen LogP) is 4.09. The van der Waals surface area contributed by atoms with E-state index in [1.807, 2.05) is 18.4 Å². The number of benzene rings is 1. The van der Waals surface area contributed by atoms with Crippen LogP contribution in [0.5, 0.6) is 0 Å². The van der Waals surface area contributed by atoms with E-state index in [1.165, 1.54) is 5.56 Å². The maximum absolute atomic E-state index is 5.75. The summed E-state index contributed by atoms with van der Waals surface area (Å²) in [7, 11) is 0. The Hall–Kier alpha value is -0.900. The fourth-order valence-corrected chi connectivity index (χ4v) is 2.56. The molecule has 0 aliphatic heterocycles. The van der Waals surface area contributed by atoms with E-state index < -0.39 is 0 Å². The van der Waals surface area contributed by atoms with Gasteiger partial charge in [-0.2, -0.15) is 0 Å². The molecule has 0 aliphatic carbocycles. The van der Waals surface area contributed by atoms with Crippen molar-refractivity contribution in [1.29, 1.82) is 0 Å². The van der Waals surface area contributed by atoms with Crippen molar-refractivity contribution in [3.63, 3.8) is 0 Å². The molecule has 1 heterocycles. The summed E-state index contributed by atoms with van der Waals surface area (Å²) < 4.78 is 5.40. The summed E-state index contributed by atoms with van der Waals surface area (Å²) in [6, 6.07) is 8.28. The van der Waals surface area contributed by atoms with Crippen molar-refractivity contribution in [2.45, 2.75) is 19.4 Å². The van der Waals surface area contributed by atoms with Gasteiger partial charge in [0.15, 0.2) is 0 Å². The van der Waals surface area contributed by atoms with Crippen LogP contribution in [-0.2, 0) is 17.2 Å². The molecule has 0 radical (unpaired) electrons. The molecule has 0 unspecified atom stereocenters. The molecule has 1 aromatic carbocycles. The highest BCUT2D eigenvalue weighted by Gasteiger charge is 2.04. The molecule has 2 aromatic rings. The fourth-order valence-electron chi connectivity index (χ4n) is 1.51. The summed E-state index contributed by atoms with van der Waals surface area (Å²) in [5.41, 5.74) is 3.23. The van der Waals surface area contributed by atoms with Crippen LogP contribution in [0.15, 0.2) is 29.6 Å². The lowest BCUT2D eigenvalue weighted by Gasteiger charge is -2.03. The largest absolute Gasteiger partial charge is 0.377 e. The van der Waals surface area contributed by atoms with Gasteiger partial charge in [0.05, 0.1) is 18.2 Å². The molecule has 0 fully saturated rings. The molecule has 4 heteroatoms. The fraction of sp³-hybridized carbons (Fsp3) is 0.308. The second-order valence-corrected chi connectivity index (χ2v) is 4.74. The summed E-state index contributed by atoms with van der Waals surface area (Å²) in [4.78, 5) is 4.47. The van der Waals surface area contributed by atoms with Gasteiger partial charge >= 0.3 is 0 Å². The molecule has 0 N–H and O–H groups in total. The van der Waals surface area contributed by atoms with Crippen LogP contribution in [0.4, 0.5) is 0 Å². The van der Waals surface area contributed by atoms with E-state index in [4.69, 9.17) is 16.3 Å². The molecule has 17 heavy (non-hydrogen) atoms. The molecule has 0 atom stereocenters. The SMILES string of the molecule is CCOCc1cccc(-c2nc(CCl)cs2)c1. The van der Waals surface area contributed by atoms with Crippen molar-refractivity contribution in [3.05, 3.63) is 40.9 Å². The molecule has 0 spiro atoms. The van der Waals surface area contributed by atoms with Crippen LogP contribution < -0.4 is 0 Å². The lowest BCUT2D eigenvalue weighted by atomic mass is 10.1. The van der Waals surface area contributed by atoms with E-state index >= 15 is 0 Å². The second kappa shape index (κ2) is 6.15. The lowest BCUT2D eigenvalue weighted by Crippen LogP contribution is -1.91. The minimum atomic E-state index is 0.467. The van der Waals surface area contributed by atoms with Gasteiger partial charge in [-0.3, -0.25) is 0 Å². The van der Waals surface area contributed by atoms with Gasteiger partial charge in [-0.25, -0.2) is 4.98 Å². The van der Waals surface area contributed by atoms with Gasteiger partial charge in [0.25, 0.3) is 0 Å². The van der Waals surface area contributed by atoms with Crippen LogP contribution >= 0.6 is 22.9 Å². The quantitative estimate of drug-likeness (QED) is 0.762. The monoisotopic (exact) mass is 267 g/mol. The Kier molecular flexibility index (Phi) is 4.54. The number of ether oxygens (including phenoxy) is 1. The normalized spacial score (nSPS) is 10.7. The Morgan fingerprint density at radius 2 is 2.29 bits per heavy atom. The molecule has 1 aromatic heterocycles. The van der Waals surface area contributed by atoms with Crippen molar-refractivity contribution in [1.82, 2.24) is 4.98 Å². The molecular weight excluding hydrogens is 254 g/mol. The Bertz CT molecular complexity index is 484. The van der Waals surface area contributed by atoms with Gasteiger partial charge in [0.2, 0.25) is 0 Å². The van der Waals surface area contributed by atoms with Crippen LogP contribution in [0.3, 0.4) is 0 Å². The molecule has 0 saturated carbocycles. The minimum absolute atomic E-state index is 0.467. The first-order valence-corrected chi connectivity index (χ1v) is 6.92. The Morgan fingerprint density at radius 3 is 3.00 bits per heavy atom. The standard InChI is InChI=1S/C13H14ClNOS/c1-2-16-8-10-4-3-5-11(6-10)13-15-12(7-14)9-17-13/h3-6,9H,2,7-8H2,1H3. The van der Waals surface area contributed by atoms with E-state index in [0.717, 1.165) is 22.9 Å². The summed E-state index contributed by atoms with van der Waals surface area (Å²) in [5, 5.41) is 3.01. The Morgan fingerprint density at radius 1 is 1.41 bits per heavy atom. The van der Waals surface area contributed by atoms with Gasteiger partial charge in [0, 0.05) is 17.6 Å². The summed E-state index contributed by atoms with van der Waals surface area (Å²) in [6.45, 7) is 3.38. The third-order valence-electron chi connectivity index (χ3n) is 2.34. The first-order chi connectivity index (χ1) is 8.33. The number of halogens is 1. The third-order valence-corrected chi connectivity index (χ3v) is 3.55. The molecule has 0 saturated heterocycles. The van der Waals surface area contributed by atoms with Gasteiger partial charge in [-0.1, -0.05) is 18.2 Å². The number of hydrogen-bond acceptors (Lipinski definition) is 3. The molecule has 2 rings (SSSR count). The number of rotatable bonds is 5. The summed E-state index contributed by atoms with van der Waals surface area (Å²) >= 11 is 7.38. The maximum atomic E-state index is 5.75. The van der Waals surface area contributed by atoms with Gasteiger partial charge in [-0.15, -0.1) is 22.9 Å². The summed E-state index contributed by atoms with van der Waals surface area (Å²) in [5.74, 6) is 0.467. The molecule has 0 aliphatic rings. The number of nitrogens with zero attached hydrogens (tertiary/aromatic N) is 1. The van der Waals surface area contributed by atoms with Crippen LogP contribution in [-0.4, -0.2) is 11.6 Å². The third kappa shape index (κ3) is 3.28. The molecular formula is C13H14ClNOS. The van der Waals surface area contributed by atoms with E-state index in [0.29, 0.717) is 12.5 Å². The van der Waals surface area contributed by atoms with Gasteiger partial charge in [-0.05, 0) is 18.6 Å². The smallest absolute Gasteiger partial charge is 0.123 e. The van der Waals surface area contributed by atoms with Gasteiger partial charge < -0.3 is 4.74 Å². The zero-order valence-electron chi connectivity index (χ0n) is 9.65. The summed E-state index contributed by atoms with van der Waals surface area (Å²) in [6.07, 6.45) is 0. The predicted molar refractivity (Wildman–Crippen MR) is 72.4 cm³/mol. The van der Waals surface area contributed by atoms with E-state index in [1.54, 1.807) is 11.3 Å². The number of thiazole rings is 1. The van der Waals surface area contributed by atoms with Crippen molar-refractivity contribution in [2.75, 3.05) is 6.61 Å². The first kappa shape index (κ1) is 12.6. The first-order valence-electron chi connectivity index (χ1n) is 5.51. The van der Waals surface area contributed by atoms with Crippen molar-refractivity contribution < 1.29 is 4.74 Å². The Labute approximate surface area is 110 Å². The van der Waals surface area contributed by atoms with Crippen molar-refractivity contribution in [3.8, 4) is 10.6 Å². The second-order valence-electron chi connectivity index (χ2n) is 3.62. The minimum Gasteiger partial charge on any atom is -0.377 e. The van der Waals surface area contributed by atoms with E-state index in [2.05, 4.69) is 23.2 Å². The van der Waals surface area contributed by atoms with Crippen LogP contribution in [0.25, 0.3) is 10.6 Å². The highest BCUT2D eigenvalue weighted by atomic mass is 35.5.